The van der Waals surface area contributed by atoms with Gasteiger partial charge in [0.2, 0.25) is 0 Å². The molecule has 2 aromatic heterocycles. The number of aromatic carboxylic acids is 1. The van der Waals surface area contributed by atoms with Crippen LogP contribution in [0.5, 0.6) is 0 Å². The highest BCUT2D eigenvalue weighted by molar-refractivity contribution is 5.91. The van der Waals surface area contributed by atoms with Crippen LogP contribution in [0.3, 0.4) is 0 Å². The molecule has 3 heterocycles. The molecule has 0 aliphatic carbocycles. The Hall–Kier alpha value is -2.89. The van der Waals surface area contributed by atoms with Gasteiger partial charge in [-0.25, -0.2) is 14.5 Å². The van der Waals surface area contributed by atoms with Crippen LogP contribution >= 0.6 is 0 Å². The second-order valence-corrected chi connectivity index (χ2v) is 7.06. The van der Waals surface area contributed by atoms with E-state index in [1.54, 1.807) is 16.9 Å². The lowest BCUT2D eigenvalue weighted by Crippen LogP contribution is -2.17. The van der Waals surface area contributed by atoms with Crippen molar-refractivity contribution in [2.45, 2.75) is 32.6 Å². The molecular formula is C20H22N4O2. The summed E-state index contributed by atoms with van der Waals surface area (Å²) in [7, 11) is 0. The van der Waals surface area contributed by atoms with Crippen molar-refractivity contribution in [3.05, 3.63) is 47.8 Å². The molecule has 0 atom stereocenters. The van der Waals surface area contributed by atoms with Crippen molar-refractivity contribution < 1.29 is 9.90 Å². The van der Waals surface area contributed by atoms with E-state index >= 15 is 0 Å². The van der Waals surface area contributed by atoms with Gasteiger partial charge in [0.05, 0.1) is 11.9 Å². The van der Waals surface area contributed by atoms with Gasteiger partial charge in [-0.05, 0) is 48.6 Å². The maximum absolute atomic E-state index is 11.5. The van der Waals surface area contributed by atoms with Crippen LogP contribution in [-0.4, -0.2) is 38.9 Å². The summed E-state index contributed by atoms with van der Waals surface area (Å²) in [5, 5.41) is 14.9. The minimum atomic E-state index is -1.02. The summed E-state index contributed by atoms with van der Waals surface area (Å²) in [4.78, 5) is 18.3. The zero-order valence-corrected chi connectivity index (χ0v) is 15.0. The fourth-order valence-corrected chi connectivity index (χ4v) is 3.60. The van der Waals surface area contributed by atoms with Gasteiger partial charge in [-0.1, -0.05) is 19.9 Å². The lowest BCUT2D eigenvalue weighted by atomic mass is 10.0. The quantitative estimate of drug-likeness (QED) is 0.774. The van der Waals surface area contributed by atoms with Crippen molar-refractivity contribution in [2.24, 2.45) is 0 Å². The molecule has 1 aliphatic rings. The van der Waals surface area contributed by atoms with Crippen LogP contribution in [0.4, 0.5) is 5.69 Å². The molecule has 1 aromatic carbocycles. The summed E-state index contributed by atoms with van der Waals surface area (Å²) in [6.07, 6.45) is 4.22. The number of carboxylic acid groups (broad SMARTS) is 1. The van der Waals surface area contributed by atoms with Crippen LogP contribution in [0.2, 0.25) is 0 Å². The minimum absolute atomic E-state index is 0.0543. The molecule has 0 amide bonds. The number of carboxylic acids is 1. The molecular weight excluding hydrogens is 328 g/mol. The van der Waals surface area contributed by atoms with Crippen LogP contribution < -0.4 is 4.90 Å². The molecule has 1 saturated heterocycles. The average Bonchev–Trinajstić information content (AvgIpc) is 3.30. The Balaban J connectivity index is 1.87. The Morgan fingerprint density at radius 1 is 1.15 bits per heavy atom. The van der Waals surface area contributed by atoms with Gasteiger partial charge in [0.1, 0.15) is 0 Å². The highest BCUT2D eigenvalue weighted by Gasteiger charge is 2.18. The van der Waals surface area contributed by atoms with Gasteiger partial charge < -0.3 is 10.0 Å². The molecule has 26 heavy (non-hydrogen) atoms. The summed E-state index contributed by atoms with van der Waals surface area (Å²) in [6, 6.07) is 9.86. The average molecular weight is 350 g/mol. The Kier molecular flexibility index (Phi) is 4.11. The highest BCUT2D eigenvalue weighted by atomic mass is 16.4. The molecule has 0 bridgehead atoms. The maximum atomic E-state index is 11.5. The zero-order chi connectivity index (χ0) is 18.3. The first-order chi connectivity index (χ1) is 12.5. The fourth-order valence-electron chi connectivity index (χ4n) is 3.60. The van der Waals surface area contributed by atoms with Crippen molar-refractivity contribution in [3.8, 4) is 5.69 Å². The van der Waals surface area contributed by atoms with Gasteiger partial charge in [-0.3, -0.25) is 0 Å². The van der Waals surface area contributed by atoms with Gasteiger partial charge in [0.25, 0.3) is 0 Å². The smallest absolute Gasteiger partial charge is 0.354 e. The van der Waals surface area contributed by atoms with Crippen molar-refractivity contribution in [1.29, 1.82) is 0 Å². The van der Waals surface area contributed by atoms with Crippen LogP contribution in [-0.2, 0) is 0 Å². The number of aromatic nitrogens is 3. The third-order valence-corrected chi connectivity index (χ3v) is 4.96. The van der Waals surface area contributed by atoms with E-state index in [1.807, 2.05) is 26.0 Å². The van der Waals surface area contributed by atoms with E-state index in [2.05, 4.69) is 27.1 Å². The van der Waals surface area contributed by atoms with E-state index in [-0.39, 0.29) is 11.6 Å². The van der Waals surface area contributed by atoms with Crippen LogP contribution in [0.15, 0.2) is 36.5 Å². The first kappa shape index (κ1) is 16.6. The summed E-state index contributed by atoms with van der Waals surface area (Å²) in [5.74, 6) is -0.834. The second-order valence-electron chi connectivity index (χ2n) is 7.06. The van der Waals surface area contributed by atoms with Crippen LogP contribution in [0.1, 0.15) is 48.7 Å². The van der Waals surface area contributed by atoms with E-state index < -0.39 is 5.97 Å². The van der Waals surface area contributed by atoms with E-state index in [4.69, 9.17) is 0 Å². The predicted octanol–water partition coefficient (Wildman–Crippen LogP) is 3.84. The first-order valence-corrected chi connectivity index (χ1v) is 9.02. The Bertz CT molecular complexity index is 971. The van der Waals surface area contributed by atoms with Crippen molar-refractivity contribution in [2.75, 3.05) is 18.0 Å². The summed E-state index contributed by atoms with van der Waals surface area (Å²) in [6.45, 7) is 6.24. The molecule has 134 valence electrons. The highest BCUT2D eigenvalue weighted by Crippen LogP contribution is 2.28. The molecule has 3 aromatic rings. The summed E-state index contributed by atoms with van der Waals surface area (Å²) >= 11 is 0. The number of hydrogen-bond donors (Lipinski definition) is 1. The van der Waals surface area contributed by atoms with Gasteiger partial charge in [-0.15, -0.1) is 0 Å². The number of rotatable bonds is 4. The molecule has 6 nitrogen and oxygen atoms in total. The molecule has 1 aliphatic heterocycles. The molecule has 0 unspecified atom stereocenters. The maximum Gasteiger partial charge on any atom is 0.354 e. The molecule has 0 radical (unpaired) electrons. The second kappa shape index (κ2) is 6.44. The normalized spacial score (nSPS) is 14.5. The Morgan fingerprint density at radius 2 is 1.88 bits per heavy atom. The lowest BCUT2D eigenvalue weighted by Gasteiger charge is -2.18. The fraction of sp³-hybridized carbons (Fsp3) is 0.350. The Labute approximate surface area is 152 Å². The van der Waals surface area contributed by atoms with Gasteiger partial charge in [0, 0.05) is 24.2 Å². The molecule has 1 fully saturated rings. The molecule has 4 rings (SSSR count). The van der Waals surface area contributed by atoms with E-state index in [9.17, 15) is 9.90 Å². The number of nitrogens with zero attached hydrogens (tertiary/aromatic N) is 4. The standard InChI is InChI=1S/C20H22N4O2/c1-13(2)16-11-18(20(25)26)22-19-17(16)12-21-24(19)15-7-5-6-14(10-15)23-8-3-4-9-23/h5-7,10-13H,3-4,8-9H2,1-2H3,(H,25,26). The van der Waals surface area contributed by atoms with E-state index in [1.165, 1.54) is 18.5 Å². The summed E-state index contributed by atoms with van der Waals surface area (Å²) < 4.78 is 1.74. The molecule has 1 N–H and O–H groups in total. The number of hydrogen-bond acceptors (Lipinski definition) is 4. The molecule has 0 spiro atoms. The first-order valence-electron chi connectivity index (χ1n) is 9.02. The van der Waals surface area contributed by atoms with E-state index in [0.717, 1.165) is 29.7 Å². The van der Waals surface area contributed by atoms with Crippen molar-refractivity contribution in [3.63, 3.8) is 0 Å². The topological polar surface area (TPSA) is 71.2 Å². The lowest BCUT2D eigenvalue weighted by molar-refractivity contribution is 0.0690. The SMILES string of the molecule is CC(C)c1cc(C(=O)O)nc2c1cnn2-c1cccc(N2CCCC2)c1. The number of carbonyl (C=O) groups is 1. The van der Waals surface area contributed by atoms with Crippen LogP contribution in [0, 0.1) is 0 Å². The Morgan fingerprint density at radius 3 is 2.58 bits per heavy atom. The number of anilines is 1. The molecule has 0 saturated carbocycles. The van der Waals surface area contributed by atoms with Crippen LogP contribution in [0.25, 0.3) is 16.7 Å². The number of benzene rings is 1. The third kappa shape index (κ3) is 2.81. The van der Waals surface area contributed by atoms with Gasteiger partial charge >= 0.3 is 5.97 Å². The van der Waals surface area contributed by atoms with Crippen molar-refractivity contribution in [1.82, 2.24) is 14.8 Å². The molecule has 6 heteroatoms. The monoisotopic (exact) mass is 350 g/mol. The summed E-state index contributed by atoms with van der Waals surface area (Å²) in [5.41, 5.74) is 3.66. The predicted molar refractivity (Wildman–Crippen MR) is 101 cm³/mol. The number of fused-ring (bicyclic) bond motifs is 1. The van der Waals surface area contributed by atoms with E-state index in [0.29, 0.717) is 5.65 Å². The number of pyridine rings is 1. The van der Waals surface area contributed by atoms with Gasteiger partial charge in [-0.2, -0.15) is 5.10 Å². The van der Waals surface area contributed by atoms with Crippen molar-refractivity contribution >= 4 is 22.7 Å². The minimum Gasteiger partial charge on any atom is -0.477 e. The zero-order valence-electron chi connectivity index (χ0n) is 15.0. The largest absolute Gasteiger partial charge is 0.477 e. The van der Waals surface area contributed by atoms with Gasteiger partial charge in [0.15, 0.2) is 11.3 Å². The third-order valence-electron chi connectivity index (χ3n) is 4.96.